The van der Waals surface area contributed by atoms with E-state index >= 15 is 0 Å². The average molecular weight is 126 g/mol. The molecule has 1 rings (SSSR count). The van der Waals surface area contributed by atoms with Gasteiger partial charge in [-0.2, -0.15) is 0 Å². The van der Waals surface area contributed by atoms with Crippen LogP contribution in [0.1, 0.15) is 6.42 Å². The molecule has 1 heterocycles. The van der Waals surface area contributed by atoms with Crippen LogP contribution in [0.15, 0.2) is 12.7 Å². The Morgan fingerprint density at radius 2 is 2.67 bits per heavy atom. The molecule has 0 aliphatic carbocycles. The van der Waals surface area contributed by atoms with Gasteiger partial charge in [-0.3, -0.25) is 5.32 Å². The number of hydrogen-bond acceptors (Lipinski definition) is 2. The first-order chi connectivity index (χ1) is 4.43. The van der Waals surface area contributed by atoms with Crippen molar-refractivity contribution in [1.29, 1.82) is 0 Å². The van der Waals surface area contributed by atoms with Crippen LogP contribution in [-0.2, 0) is 4.74 Å². The predicted molar refractivity (Wildman–Crippen MR) is 36.9 cm³/mol. The first-order valence-corrected chi connectivity index (χ1v) is 3.22. The summed E-state index contributed by atoms with van der Waals surface area (Å²) >= 11 is 0. The Bertz CT molecular complexity index is 86.9. The molecular weight excluding hydrogens is 114 g/mol. The summed E-state index contributed by atoms with van der Waals surface area (Å²) < 4.78 is 5.24. The van der Waals surface area contributed by atoms with Crippen molar-refractivity contribution in [3.05, 3.63) is 19.1 Å². The van der Waals surface area contributed by atoms with Gasteiger partial charge in [-0.15, -0.1) is 6.58 Å². The van der Waals surface area contributed by atoms with Gasteiger partial charge in [0.1, 0.15) is 6.23 Å². The summed E-state index contributed by atoms with van der Waals surface area (Å²) in [6.45, 7) is 5.41. The number of allylic oxidation sites excluding steroid dienone is 1. The zero-order valence-electron chi connectivity index (χ0n) is 5.47. The van der Waals surface area contributed by atoms with Crippen LogP contribution in [0.4, 0.5) is 0 Å². The fourth-order valence-electron chi connectivity index (χ4n) is 0.817. The van der Waals surface area contributed by atoms with Gasteiger partial charge in [-0.05, 0) is 6.42 Å². The molecule has 1 aliphatic rings. The lowest BCUT2D eigenvalue weighted by Gasteiger charge is -2.05. The van der Waals surface area contributed by atoms with Gasteiger partial charge in [-0.1, -0.05) is 6.08 Å². The van der Waals surface area contributed by atoms with Crippen LogP contribution in [0.5, 0.6) is 0 Å². The molecule has 51 valence electrons. The summed E-state index contributed by atoms with van der Waals surface area (Å²) in [5.41, 5.74) is 0. The van der Waals surface area contributed by atoms with Crippen molar-refractivity contribution in [1.82, 2.24) is 5.32 Å². The molecule has 0 aromatic carbocycles. The Morgan fingerprint density at radius 1 is 1.78 bits per heavy atom. The van der Waals surface area contributed by atoms with Crippen molar-refractivity contribution in [2.24, 2.45) is 0 Å². The van der Waals surface area contributed by atoms with E-state index in [1.165, 1.54) is 0 Å². The molecule has 1 saturated heterocycles. The molecule has 0 aromatic heterocycles. The number of ether oxygens (including phenoxy) is 1. The summed E-state index contributed by atoms with van der Waals surface area (Å²) in [5.74, 6) is 0. The highest BCUT2D eigenvalue weighted by Crippen LogP contribution is 2.01. The van der Waals surface area contributed by atoms with E-state index in [0.29, 0.717) is 0 Å². The second-order valence-corrected chi connectivity index (χ2v) is 2.01. The second-order valence-electron chi connectivity index (χ2n) is 2.01. The van der Waals surface area contributed by atoms with Gasteiger partial charge in [0.2, 0.25) is 0 Å². The Balaban J connectivity index is 2.04. The lowest BCUT2D eigenvalue weighted by Crippen LogP contribution is -2.22. The SMILES string of the molecule is C=CC[CH]C1NCCO1. The van der Waals surface area contributed by atoms with Crippen LogP contribution in [0.25, 0.3) is 0 Å². The molecule has 2 nitrogen and oxygen atoms in total. The number of hydrogen-bond donors (Lipinski definition) is 1. The van der Waals surface area contributed by atoms with E-state index in [2.05, 4.69) is 18.3 Å². The van der Waals surface area contributed by atoms with Gasteiger partial charge in [0.15, 0.2) is 0 Å². The summed E-state index contributed by atoms with van der Waals surface area (Å²) in [7, 11) is 0. The molecule has 1 aliphatic heterocycles. The first kappa shape index (κ1) is 6.78. The van der Waals surface area contributed by atoms with Gasteiger partial charge >= 0.3 is 0 Å². The van der Waals surface area contributed by atoms with Crippen molar-refractivity contribution in [2.45, 2.75) is 12.6 Å². The third-order valence-electron chi connectivity index (χ3n) is 1.26. The number of nitrogens with one attached hydrogen (secondary N) is 1. The lowest BCUT2D eigenvalue weighted by atomic mass is 10.3. The maximum absolute atomic E-state index is 5.24. The molecule has 0 saturated carbocycles. The second kappa shape index (κ2) is 3.64. The van der Waals surface area contributed by atoms with E-state index in [0.717, 1.165) is 19.6 Å². The highest BCUT2D eigenvalue weighted by Gasteiger charge is 2.12. The van der Waals surface area contributed by atoms with E-state index in [1.54, 1.807) is 0 Å². The average Bonchev–Trinajstić information content (AvgIpc) is 2.34. The summed E-state index contributed by atoms with van der Waals surface area (Å²) in [6, 6.07) is 0. The molecule has 1 atom stereocenters. The minimum atomic E-state index is 0.169. The summed E-state index contributed by atoms with van der Waals surface area (Å²) in [6.07, 6.45) is 5.02. The van der Waals surface area contributed by atoms with Crippen molar-refractivity contribution >= 4 is 0 Å². The molecule has 9 heavy (non-hydrogen) atoms. The maximum Gasteiger partial charge on any atom is 0.111 e. The maximum atomic E-state index is 5.24. The fraction of sp³-hybridized carbons (Fsp3) is 0.571. The van der Waals surface area contributed by atoms with Crippen molar-refractivity contribution < 1.29 is 4.74 Å². The van der Waals surface area contributed by atoms with Crippen molar-refractivity contribution in [2.75, 3.05) is 13.2 Å². The zero-order chi connectivity index (χ0) is 6.53. The Morgan fingerprint density at radius 3 is 3.22 bits per heavy atom. The molecule has 0 bridgehead atoms. The monoisotopic (exact) mass is 126 g/mol. The van der Waals surface area contributed by atoms with E-state index in [4.69, 9.17) is 4.74 Å². The van der Waals surface area contributed by atoms with Gasteiger partial charge in [-0.25, -0.2) is 0 Å². The molecule has 0 spiro atoms. The molecule has 2 heteroatoms. The van der Waals surface area contributed by atoms with Gasteiger partial charge in [0.05, 0.1) is 6.61 Å². The first-order valence-electron chi connectivity index (χ1n) is 3.22. The quantitative estimate of drug-likeness (QED) is 0.562. The van der Waals surface area contributed by atoms with Crippen LogP contribution in [0.2, 0.25) is 0 Å². The molecule has 1 radical (unpaired) electrons. The topological polar surface area (TPSA) is 21.3 Å². The van der Waals surface area contributed by atoms with Gasteiger partial charge in [0, 0.05) is 13.0 Å². The van der Waals surface area contributed by atoms with E-state index in [9.17, 15) is 0 Å². The van der Waals surface area contributed by atoms with E-state index in [1.807, 2.05) is 6.08 Å². The Labute approximate surface area is 55.9 Å². The molecule has 1 N–H and O–H groups in total. The van der Waals surface area contributed by atoms with Crippen molar-refractivity contribution in [3.63, 3.8) is 0 Å². The standard InChI is InChI=1S/C7H12NO/c1-2-3-4-7-8-5-6-9-7/h2,4,7-8H,1,3,5-6H2. The van der Waals surface area contributed by atoms with Gasteiger partial charge < -0.3 is 4.74 Å². The highest BCUT2D eigenvalue weighted by atomic mass is 16.5. The lowest BCUT2D eigenvalue weighted by molar-refractivity contribution is 0.124. The van der Waals surface area contributed by atoms with E-state index in [-0.39, 0.29) is 6.23 Å². The highest BCUT2D eigenvalue weighted by molar-refractivity contribution is 4.85. The summed E-state index contributed by atoms with van der Waals surface area (Å²) in [4.78, 5) is 0. The van der Waals surface area contributed by atoms with Crippen LogP contribution >= 0.6 is 0 Å². The molecule has 1 unspecified atom stereocenters. The van der Waals surface area contributed by atoms with Crippen LogP contribution in [0, 0.1) is 6.42 Å². The van der Waals surface area contributed by atoms with Crippen LogP contribution in [-0.4, -0.2) is 19.4 Å². The van der Waals surface area contributed by atoms with Gasteiger partial charge in [0.25, 0.3) is 0 Å². The normalized spacial score (nSPS) is 26.4. The third-order valence-corrected chi connectivity index (χ3v) is 1.26. The predicted octanol–water partition coefficient (Wildman–Crippen LogP) is 0.713. The Hall–Kier alpha value is -0.340. The Kier molecular flexibility index (Phi) is 2.74. The minimum Gasteiger partial charge on any atom is -0.362 e. The van der Waals surface area contributed by atoms with Crippen LogP contribution in [0.3, 0.4) is 0 Å². The minimum absolute atomic E-state index is 0.169. The molecule has 0 amide bonds. The zero-order valence-corrected chi connectivity index (χ0v) is 5.47. The number of rotatable bonds is 3. The smallest absolute Gasteiger partial charge is 0.111 e. The van der Waals surface area contributed by atoms with Crippen molar-refractivity contribution in [3.8, 4) is 0 Å². The third kappa shape index (κ3) is 2.16. The van der Waals surface area contributed by atoms with Crippen LogP contribution < -0.4 is 5.32 Å². The molecule has 1 fully saturated rings. The largest absolute Gasteiger partial charge is 0.362 e. The van der Waals surface area contributed by atoms with E-state index < -0.39 is 0 Å². The summed E-state index contributed by atoms with van der Waals surface area (Å²) in [5, 5.41) is 3.17. The fourth-order valence-corrected chi connectivity index (χ4v) is 0.817. The molecule has 0 aromatic rings. The molecular formula is C7H12NO.